The van der Waals surface area contributed by atoms with Crippen molar-refractivity contribution in [3.05, 3.63) is 59.7 Å². The van der Waals surface area contributed by atoms with Gasteiger partial charge in [-0.25, -0.2) is 8.42 Å². The number of amides is 1. The highest BCUT2D eigenvalue weighted by Crippen LogP contribution is 2.23. The van der Waals surface area contributed by atoms with Crippen molar-refractivity contribution in [2.45, 2.75) is 32.7 Å². The summed E-state index contributed by atoms with van der Waals surface area (Å²) in [5, 5.41) is 2.90. The maximum Gasteiger partial charge on any atom is 0.251 e. The van der Waals surface area contributed by atoms with Gasteiger partial charge in [-0.15, -0.1) is 0 Å². The quantitative estimate of drug-likeness (QED) is 0.806. The van der Waals surface area contributed by atoms with Crippen molar-refractivity contribution in [2.75, 3.05) is 23.2 Å². The number of rotatable bonds is 6. The summed E-state index contributed by atoms with van der Waals surface area (Å²) in [6, 6.07) is 14.3. The lowest BCUT2D eigenvalue weighted by molar-refractivity contribution is 0.0926. The highest BCUT2D eigenvalue weighted by molar-refractivity contribution is 7.92. The number of carbonyl (C=O) groups is 1. The lowest BCUT2D eigenvalue weighted by Crippen LogP contribution is -2.38. The van der Waals surface area contributed by atoms with Gasteiger partial charge in [0, 0.05) is 12.1 Å². The van der Waals surface area contributed by atoms with Crippen LogP contribution in [0, 0.1) is 6.92 Å². The number of hydrogen-bond acceptors (Lipinski definition) is 4. The molecule has 150 valence electrons. The number of carbonyl (C=O) groups excluding carboxylic acids is 1. The van der Waals surface area contributed by atoms with Gasteiger partial charge in [0.2, 0.25) is 10.0 Å². The summed E-state index contributed by atoms with van der Waals surface area (Å²) in [7, 11) is -3.25. The van der Waals surface area contributed by atoms with Crippen LogP contribution in [0.4, 0.5) is 5.69 Å². The predicted octanol–water partition coefficient (Wildman–Crippen LogP) is 3.12. The van der Waals surface area contributed by atoms with Crippen LogP contribution in [0.3, 0.4) is 0 Å². The molecule has 6 nitrogen and oxygen atoms in total. The first-order valence-electron chi connectivity index (χ1n) is 9.46. The van der Waals surface area contributed by atoms with E-state index < -0.39 is 10.0 Å². The molecule has 1 N–H and O–H groups in total. The molecular weight excluding hydrogens is 376 g/mol. The lowest BCUT2D eigenvalue weighted by Gasteiger charge is -2.28. The second-order valence-corrected chi connectivity index (χ2v) is 9.15. The first-order chi connectivity index (χ1) is 13.3. The molecule has 0 aliphatic carbocycles. The Balaban J connectivity index is 1.56. The molecule has 1 saturated heterocycles. The third-order valence-corrected chi connectivity index (χ3v) is 6.53. The Morgan fingerprint density at radius 1 is 1.11 bits per heavy atom. The Bertz CT molecular complexity index is 908. The molecule has 0 saturated carbocycles. The van der Waals surface area contributed by atoms with Gasteiger partial charge in [0.1, 0.15) is 12.4 Å². The molecule has 7 heteroatoms. The van der Waals surface area contributed by atoms with Gasteiger partial charge in [0.25, 0.3) is 5.91 Å². The number of anilines is 1. The van der Waals surface area contributed by atoms with Gasteiger partial charge >= 0.3 is 0 Å². The number of benzene rings is 2. The van der Waals surface area contributed by atoms with E-state index in [-0.39, 0.29) is 17.7 Å². The predicted molar refractivity (Wildman–Crippen MR) is 110 cm³/mol. The minimum absolute atomic E-state index is 0.170. The molecule has 0 radical (unpaired) electrons. The third kappa shape index (κ3) is 5.04. The molecule has 2 aromatic rings. The molecule has 0 spiro atoms. The van der Waals surface area contributed by atoms with Gasteiger partial charge < -0.3 is 10.1 Å². The fraction of sp³-hybridized carbons (Fsp3) is 0.381. The van der Waals surface area contributed by atoms with E-state index in [9.17, 15) is 13.2 Å². The van der Waals surface area contributed by atoms with Crippen LogP contribution in [0.1, 0.15) is 35.7 Å². The Hall–Kier alpha value is -2.54. The second-order valence-electron chi connectivity index (χ2n) is 7.14. The summed E-state index contributed by atoms with van der Waals surface area (Å²) < 4.78 is 31.5. The largest absolute Gasteiger partial charge is 0.491 e. The Morgan fingerprint density at radius 2 is 1.79 bits per heavy atom. The molecular formula is C21H26N2O4S. The molecule has 1 amide bonds. The number of nitrogens with zero attached hydrogens (tertiary/aromatic N) is 1. The molecule has 0 aromatic heterocycles. The maximum absolute atomic E-state index is 12.4. The minimum Gasteiger partial charge on any atom is -0.491 e. The van der Waals surface area contributed by atoms with Gasteiger partial charge in [-0.3, -0.25) is 9.10 Å². The van der Waals surface area contributed by atoms with E-state index in [0.717, 1.165) is 17.7 Å². The molecule has 3 rings (SSSR count). The van der Waals surface area contributed by atoms with Crippen molar-refractivity contribution in [3.8, 4) is 5.75 Å². The summed E-state index contributed by atoms with van der Waals surface area (Å²) in [6.07, 6.45) is 1.54. The number of hydrogen-bond donors (Lipinski definition) is 1. The first-order valence-corrected chi connectivity index (χ1v) is 11.1. The molecule has 1 fully saturated rings. The monoisotopic (exact) mass is 402 g/mol. The molecule has 1 aliphatic heterocycles. The van der Waals surface area contributed by atoms with Crippen LogP contribution in [-0.4, -0.2) is 39.3 Å². The average molecular weight is 403 g/mol. The van der Waals surface area contributed by atoms with Crippen molar-refractivity contribution in [2.24, 2.45) is 0 Å². The number of nitrogens with one attached hydrogen (secondary N) is 1. The van der Waals surface area contributed by atoms with Gasteiger partial charge in [0.05, 0.1) is 17.5 Å². The van der Waals surface area contributed by atoms with Crippen LogP contribution in [0.5, 0.6) is 5.75 Å². The number of aryl methyl sites for hydroxylation is 1. The average Bonchev–Trinajstić information content (AvgIpc) is 2.67. The van der Waals surface area contributed by atoms with Gasteiger partial charge in [0.15, 0.2) is 0 Å². The van der Waals surface area contributed by atoms with E-state index in [4.69, 9.17) is 4.74 Å². The molecule has 2 aromatic carbocycles. The van der Waals surface area contributed by atoms with E-state index in [1.54, 1.807) is 24.3 Å². The normalized spacial score (nSPS) is 17.0. The lowest BCUT2D eigenvalue weighted by atomic mass is 10.1. The maximum atomic E-state index is 12.4. The summed E-state index contributed by atoms with van der Waals surface area (Å²) in [6.45, 7) is 4.74. The zero-order chi connectivity index (χ0) is 20.1. The van der Waals surface area contributed by atoms with Crippen LogP contribution in [0.2, 0.25) is 0 Å². The van der Waals surface area contributed by atoms with Crippen LogP contribution in [0.15, 0.2) is 48.5 Å². The standard InChI is InChI=1S/C21H26N2O4S/c1-16-5-11-20(12-6-16)27-15-17(2)22-21(24)18-7-9-19(10-8-18)23-13-3-4-14-28(23,25)26/h5-12,17H,3-4,13-15H2,1-2H3,(H,22,24)/t17-/m0/s1. The zero-order valence-corrected chi connectivity index (χ0v) is 17.0. The van der Waals surface area contributed by atoms with Gasteiger partial charge in [-0.1, -0.05) is 17.7 Å². The van der Waals surface area contributed by atoms with E-state index >= 15 is 0 Å². The molecule has 0 unspecified atom stereocenters. The number of sulfonamides is 1. The molecule has 1 heterocycles. The van der Waals surface area contributed by atoms with Crippen LogP contribution in [0.25, 0.3) is 0 Å². The Labute approximate surface area is 166 Å². The zero-order valence-electron chi connectivity index (χ0n) is 16.2. The van der Waals surface area contributed by atoms with Crippen molar-refractivity contribution in [1.82, 2.24) is 5.32 Å². The summed E-state index contributed by atoms with van der Waals surface area (Å²) in [4.78, 5) is 12.4. The van der Waals surface area contributed by atoms with Gasteiger partial charge in [-0.2, -0.15) is 0 Å². The van der Waals surface area contributed by atoms with Crippen LogP contribution < -0.4 is 14.4 Å². The highest BCUT2D eigenvalue weighted by Gasteiger charge is 2.26. The van der Waals surface area contributed by atoms with E-state index in [2.05, 4.69) is 5.32 Å². The van der Waals surface area contributed by atoms with Crippen LogP contribution >= 0.6 is 0 Å². The molecule has 28 heavy (non-hydrogen) atoms. The first kappa shape index (κ1) is 20.2. The van der Waals surface area contributed by atoms with E-state index in [1.165, 1.54) is 4.31 Å². The molecule has 0 bridgehead atoms. The molecule has 1 aliphatic rings. The van der Waals surface area contributed by atoms with Crippen LogP contribution in [-0.2, 0) is 10.0 Å². The fourth-order valence-corrected chi connectivity index (χ4v) is 4.70. The Kier molecular flexibility index (Phi) is 6.24. The second kappa shape index (κ2) is 8.65. The van der Waals surface area contributed by atoms with Gasteiger partial charge in [-0.05, 0) is 63.1 Å². The summed E-state index contributed by atoms with van der Waals surface area (Å²) in [5.74, 6) is 0.722. The minimum atomic E-state index is -3.25. The van der Waals surface area contributed by atoms with Crippen molar-refractivity contribution < 1.29 is 17.9 Å². The molecule has 1 atom stereocenters. The van der Waals surface area contributed by atoms with E-state index in [0.29, 0.717) is 30.8 Å². The van der Waals surface area contributed by atoms with E-state index in [1.807, 2.05) is 38.1 Å². The summed E-state index contributed by atoms with van der Waals surface area (Å²) in [5.41, 5.74) is 2.25. The summed E-state index contributed by atoms with van der Waals surface area (Å²) >= 11 is 0. The van der Waals surface area contributed by atoms with Crippen molar-refractivity contribution in [1.29, 1.82) is 0 Å². The SMILES string of the molecule is Cc1ccc(OC[C@H](C)NC(=O)c2ccc(N3CCCCS3(=O)=O)cc2)cc1. The highest BCUT2D eigenvalue weighted by atomic mass is 32.2. The smallest absolute Gasteiger partial charge is 0.251 e. The van der Waals surface area contributed by atoms with Crippen molar-refractivity contribution >= 4 is 21.6 Å². The third-order valence-electron chi connectivity index (χ3n) is 4.67. The fourth-order valence-electron chi connectivity index (χ4n) is 3.06. The number of ether oxygens (including phenoxy) is 1. The van der Waals surface area contributed by atoms with Crippen molar-refractivity contribution in [3.63, 3.8) is 0 Å². The topological polar surface area (TPSA) is 75.7 Å². The Morgan fingerprint density at radius 3 is 2.43 bits per heavy atom.